The molecule has 0 unspecified atom stereocenters. The predicted octanol–water partition coefficient (Wildman–Crippen LogP) is 8.24. The van der Waals surface area contributed by atoms with Gasteiger partial charge in [-0.3, -0.25) is 0 Å². The molecule has 31 heavy (non-hydrogen) atoms. The molecule has 0 aliphatic carbocycles. The number of para-hydroxylation sites is 2. The fraction of sp³-hybridized carbons (Fsp3) is 0.172. The lowest BCUT2D eigenvalue weighted by Gasteiger charge is -2.25. The van der Waals surface area contributed by atoms with Crippen molar-refractivity contribution < 1.29 is 5.11 Å². The molecule has 2 heteroatoms. The van der Waals surface area contributed by atoms with Crippen molar-refractivity contribution in [3.63, 3.8) is 0 Å². The molecule has 4 aromatic rings. The van der Waals surface area contributed by atoms with E-state index in [1.54, 1.807) is 6.92 Å². The molecule has 0 radical (unpaired) electrons. The van der Waals surface area contributed by atoms with Gasteiger partial charge in [-0.25, -0.2) is 0 Å². The summed E-state index contributed by atoms with van der Waals surface area (Å²) in [5.74, 6) is 0. The second-order valence-electron chi connectivity index (χ2n) is 6.94. The second kappa shape index (κ2) is 13.8. The molecule has 0 bridgehead atoms. The minimum absolute atomic E-state index is 0.250. The molecule has 0 aromatic heterocycles. The van der Waals surface area contributed by atoms with Crippen molar-refractivity contribution in [2.24, 2.45) is 0 Å². The Hall–Kier alpha value is -3.36. The van der Waals surface area contributed by atoms with E-state index in [0.29, 0.717) is 0 Å². The number of anilines is 3. The summed E-state index contributed by atoms with van der Waals surface area (Å²) >= 11 is 0. The molecule has 0 aliphatic rings. The van der Waals surface area contributed by atoms with E-state index in [9.17, 15) is 0 Å². The third kappa shape index (κ3) is 7.44. The lowest BCUT2D eigenvalue weighted by Crippen LogP contribution is -2.09. The van der Waals surface area contributed by atoms with Crippen LogP contribution in [-0.4, -0.2) is 11.7 Å². The standard InChI is InChI=1S/C24H19N.C3H8.C2H6O/c1-4-10-20(11-5-1)21-16-18-24(19-17-21)25(22-12-6-2-7-13-22)23-14-8-3-9-15-23;1-3-2;1-2-3/h1-19H;3H2,1-2H3;3H,2H2,1H3. The summed E-state index contributed by atoms with van der Waals surface area (Å²) in [6.45, 7) is 6.18. The summed E-state index contributed by atoms with van der Waals surface area (Å²) in [4.78, 5) is 2.27. The van der Waals surface area contributed by atoms with Crippen LogP contribution in [-0.2, 0) is 0 Å². The van der Waals surface area contributed by atoms with Crippen molar-refractivity contribution in [2.75, 3.05) is 11.5 Å². The van der Waals surface area contributed by atoms with Crippen LogP contribution >= 0.6 is 0 Å². The second-order valence-corrected chi connectivity index (χ2v) is 6.94. The van der Waals surface area contributed by atoms with Crippen LogP contribution in [0.5, 0.6) is 0 Å². The van der Waals surface area contributed by atoms with Gasteiger partial charge in [0.15, 0.2) is 0 Å². The van der Waals surface area contributed by atoms with Crippen molar-refractivity contribution in [3.05, 3.63) is 115 Å². The zero-order valence-corrected chi connectivity index (χ0v) is 18.8. The highest BCUT2D eigenvalue weighted by atomic mass is 16.2. The first-order chi connectivity index (χ1) is 15.2. The quantitative estimate of drug-likeness (QED) is 0.365. The smallest absolute Gasteiger partial charge is 0.0462 e. The van der Waals surface area contributed by atoms with E-state index in [1.165, 1.54) is 17.5 Å². The largest absolute Gasteiger partial charge is 0.397 e. The molecule has 0 atom stereocenters. The van der Waals surface area contributed by atoms with Gasteiger partial charge in [0.25, 0.3) is 0 Å². The Balaban J connectivity index is 0.000000513. The van der Waals surface area contributed by atoms with E-state index in [0.717, 1.165) is 17.1 Å². The number of rotatable bonds is 4. The maximum atomic E-state index is 7.57. The van der Waals surface area contributed by atoms with Crippen LogP contribution in [0.15, 0.2) is 115 Å². The number of aliphatic hydroxyl groups is 1. The summed E-state index contributed by atoms with van der Waals surface area (Å²) < 4.78 is 0. The van der Waals surface area contributed by atoms with E-state index >= 15 is 0 Å². The van der Waals surface area contributed by atoms with Crippen LogP contribution in [0.1, 0.15) is 27.2 Å². The van der Waals surface area contributed by atoms with Crippen LogP contribution in [0.25, 0.3) is 11.1 Å². The van der Waals surface area contributed by atoms with Crippen LogP contribution < -0.4 is 4.90 Å². The average Bonchev–Trinajstić information content (AvgIpc) is 2.83. The molecule has 4 aromatic carbocycles. The summed E-state index contributed by atoms with van der Waals surface area (Å²) in [7, 11) is 0. The Morgan fingerprint density at radius 3 is 1.16 bits per heavy atom. The zero-order valence-electron chi connectivity index (χ0n) is 18.8. The number of aliphatic hydroxyl groups excluding tert-OH is 1. The van der Waals surface area contributed by atoms with Gasteiger partial charge < -0.3 is 10.0 Å². The molecular weight excluding hydrogens is 378 g/mol. The Morgan fingerprint density at radius 1 is 0.484 bits per heavy atom. The molecule has 0 saturated heterocycles. The molecule has 0 fully saturated rings. The van der Waals surface area contributed by atoms with E-state index in [1.807, 2.05) is 18.2 Å². The van der Waals surface area contributed by atoms with Gasteiger partial charge >= 0.3 is 0 Å². The molecule has 0 amide bonds. The number of benzene rings is 4. The lowest BCUT2D eigenvalue weighted by molar-refractivity contribution is 0.318. The molecule has 0 saturated carbocycles. The minimum atomic E-state index is 0.250. The number of hydrogen-bond acceptors (Lipinski definition) is 2. The molecule has 0 spiro atoms. The van der Waals surface area contributed by atoms with Gasteiger partial charge in [-0.15, -0.1) is 0 Å². The topological polar surface area (TPSA) is 23.5 Å². The predicted molar refractivity (Wildman–Crippen MR) is 135 cm³/mol. The van der Waals surface area contributed by atoms with Gasteiger partial charge in [0, 0.05) is 23.7 Å². The normalized spacial score (nSPS) is 9.55. The Bertz CT molecular complexity index is 910. The molecule has 0 aliphatic heterocycles. The zero-order chi connectivity index (χ0) is 22.3. The van der Waals surface area contributed by atoms with Crippen molar-refractivity contribution in [1.29, 1.82) is 0 Å². The summed E-state index contributed by atoms with van der Waals surface area (Å²) in [5, 5.41) is 7.57. The highest BCUT2D eigenvalue weighted by Crippen LogP contribution is 2.35. The van der Waals surface area contributed by atoms with Gasteiger partial charge in [0.2, 0.25) is 0 Å². The maximum Gasteiger partial charge on any atom is 0.0462 e. The maximum absolute atomic E-state index is 7.57. The van der Waals surface area contributed by atoms with E-state index in [-0.39, 0.29) is 6.61 Å². The van der Waals surface area contributed by atoms with Crippen molar-refractivity contribution in [1.82, 2.24) is 0 Å². The molecule has 0 heterocycles. The van der Waals surface area contributed by atoms with Gasteiger partial charge in [-0.05, 0) is 54.4 Å². The van der Waals surface area contributed by atoms with Crippen LogP contribution in [0.2, 0.25) is 0 Å². The molecule has 2 nitrogen and oxygen atoms in total. The number of nitrogens with zero attached hydrogens (tertiary/aromatic N) is 1. The molecule has 4 rings (SSSR count). The van der Waals surface area contributed by atoms with Crippen molar-refractivity contribution in [3.8, 4) is 11.1 Å². The SMILES string of the molecule is CCC.CCO.c1ccc(-c2ccc(N(c3ccccc3)c3ccccc3)cc2)cc1. The van der Waals surface area contributed by atoms with Crippen molar-refractivity contribution in [2.45, 2.75) is 27.2 Å². The molecular formula is C29H33NO. The van der Waals surface area contributed by atoms with Crippen LogP contribution in [0.4, 0.5) is 17.1 Å². The van der Waals surface area contributed by atoms with Gasteiger partial charge in [0.1, 0.15) is 0 Å². The first-order valence-electron chi connectivity index (χ1n) is 10.9. The monoisotopic (exact) mass is 411 g/mol. The third-order valence-electron chi connectivity index (χ3n) is 4.26. The minimum Gasteiger partial charge on any atom is -0.397 e. The lowest BCUT2D eigenvalue weighted by atomic mass is 10.0. The highest BCUT2D eigenvalue weighted by Gasteiger charge is 2.11. The number of hydrogen-bond donors (Lipinski definition) is 1. The fourth-order valence-electron chi connectivity index (χ4n) is 3.03. The molecule has 160 valence electrons. The van der Waals surface area contributed by atoms with E-state index in [2.05, 4.69) is 116 Å². The summed E-state index contributed by atoms with van der Waals surface area (Å²) in [5.41, 5.74) is 5.92. The average molecular weight is 412 g/mol. The summed E-state index contributed by atoms with van der Waals surface area (Å²) in [6, 6.07) is 40.1. The Kier molecular flexibility index (Phi) is 10.6. The Morgan fingerprint density at radius 2 is 0.774 bits per heavy atom. The highest BCUT2D eigenvalue weighted by molar-refractivity contribution is 5.78. The van der Waals surface area contributed by atoms with Gasteiger partial charge in [-0.1, -0.05) is 99.1 Å². The van der Waals surface area contributed by atoms with Gasteiger partial charge in [-0.2, -0.15) is 0 Å². The summed E-state index contributed by atoms with van der Waals surface area (Å²) in [6.07, 6.45) is 1.25. The molecule has 1 N–H and O–H groups in total. The third-order valence-corrected chi connectivity index (χ3v) is 4.26. The first kappa shape index (κ1) is 23.9. The van der Waals surface area contributed by atoms with Gasteiger partial charge in [0.05, 0.1) is 0 Å². The van der Waals surface area contributed by atoms with Crippen LogP contribution in [0.3, 0.4) is 0 Å². The van der Waals surface area contributed by atoms with E-state index in [4.69, 9.17) is 5.11 Å². The Labute approximate surface area is 187 Å². The first-order valence-corrected chi connectivity index (χ1v) is 10.9. The van der Waals surface area contributed by atoms with Crippen LogP contribution in [0, 0.1) is 0 Å². The van der Waals surface area contributed by atoms with Crippen molar-refractivity contribution >= 4 is 17.1 Å². The fourth-order valence-corrected chi connectivity index (χ4v) is 3.03. The van der Waals surface area contributed by atoms with E-state index < -0.39 is 0 Å².